The topological polar surface area (TPSA) is 134 Å². The molecule has 2 atom stereocenters. The highest BCUT2D eigenvalue weighted by Crippen LogP contribution is 2.43. The van der Waals surface area contributed by atoms with Crippen molar-refractivity contribution in [2.75, 3.05) is 26.4 Å². The van der Waals surface area contributed by atoms with Crippen LogP contribution in [0.2, 0.25) is 0 Å². The van der Waals surface area contributed by atoms with E-state index in [0.717, 1.165) is 57.8 Å². The number of rotatable bonds is 43. The number of carbonyl (C=O) groups excluding carboxylic acids is 2. The molecule has 0 heterocycles. The lowest BCUT2D eigenvalue weighted by Crippen LogP contribution is -2.29. The van der Waals surface area contributed by atoms with E-state index in [2.05, 4.69) is 80.7 Å². The number of unbranched alkanes of at least 4 members (excludes halogenated alkanes) is 18. The van der Waals surface area contributed by atoms with Gasteiger partial charge in [0.05, 0.1) is 13.2 Å². The van der Waals surface area contributed by atoms with Gasteiger partial charge in [0, 0.05) is 19.4 Å². The smallest absolute Gasteiger partial charge is 0.462 e. The molecule has 0 aliphatic carbocycles. The number of carbonyl (C=O) groups is 2. The lowest BCUT2D eigenvalue weighted by atomic mass is 10.0. The van der Waals surface area contributed by atoms with E-state index < -0.39 is 32.5 Å². The Kier molecular flexibility index (Phi) is 43.0. The zero-order valence-corrected chi connectivity index (χ0v) is 38.4. The molecule has 10 heteroatoms. The highest BCUT2D eigenvalue weighted by atomic mass is 31.2. The van der Waals surface area contributed by atoms with E-state index in [1.165, 1.54) is 96.3 Å². The number of nitrogens with two attached hydrogens (primary N) is 1. The Morgan fingerprint density at radius 1 is 0.525 bits per heavy atom. The van der Waals surface area contributed by atoms with Crippen LogP contribution >= 0.6 is 7.82 Å². The summed E-state index contributed by atoms with van der Waals surface area (Å²) in [5, 5.41) is 0. The molecule has 3 N–H and O–H groups in total. The number of hydrogen-bond donors (Lipinski definition) is 2. The largest absolute Gasteiger partial charge is 0.472 e. The Morgan fingerprint density at radius 2 is 0.949 bits per heavy atom. The Bertz CT molecular complexity index is 1190. The van der Waals surface area contributed by atoms with Crippen molar-refractivity contribution in [2.24, 2.45) is 5.73 Å². The van der Waals surface area contributed by atoms with Crippen molar-refractivity contribution in [2.45, 2.75) is 200 Å². The molecule has 0 rings (SSSR count). The third-order valence-electron chi connectivity index (χ3n) is 9.58. The average molecular weight is 848 g/mol. The summed E-state index contributed by atoms with van der Waals surface area (Å²) >= 11 is 0. The minimum atomic E-state index is -4.40. The molecule has 0 aliphatic rings. The van der Waals surface area contributed by atoms with Crippen LogP contribution in [-0.2, 0) is 32.7 Å². The van der Waals surface area contributed by atoms with Crippen LogP contribution in [0.1, 0.15) is 194 Å². The Balaban J connectivity index is 4.18. The third-order valence-corrected chi connectivity index (χ3v) is 10.6. The average Bonchev–Trinajstić information content (AvgIpc) is 3.22. The van der Waals surface area contributed by atoms with Crippen molar-refractivity contribution < 1.29 is 37.6 Å². The van der Waals surface area contributed by atoms with Crippen molar-refractivity contribution in [1.29, 1.82) is 0 Å². The maximum atomic E-state index is 12.6. The number of hydrogen-bond acceptors (Lipinski definition) is 8. The standard InChI is InChI=1S/C49H86NO8P/c1-3-5-7-9-11-13-15-17-19-21-22-23-24-26-28-30-32-34-36-38-40-42-49(52)58-47(46-57-59(53,54)56-44-43-50)45-55-48(51)41-39-37-35-33-31-29-27-25-20-18-16-14-12-10-8-6-4-2/h6,8,12,14,17-20,27,29,33,35,47H,3-5,7,9-11,13,15-16,21-26,28,30-32,34,36-46,50H2,1-2H3,(H,53,54). The zero-order valence-electron chi connectivity index (χ0n) is 37.5. The van der Waals surface area contributed by atoms with Crippen molar-refractivity contribution in [1.82, 2.24) is 0 Å². The summed E-state index contributed by atoms with van der Waals surface area (Å²) in [6, 6.07) is 0. The minimum Gasteiger partial charge on any atom is -0.462 e. The first-order valence-corrected chi connectivity index (χ1v) is 24.9. The first kappa shape index (κ1) is 56.5. The van der Waals surface area contributed by atoms with E-state index >= 15 is 0 Å². The molecular weight excluding hydrogens is 762 g/mol. The molecule has 340 valence electrons. The van der Waals surface area contributed by atoms with Gasteiger partial charge in [-0.05, 0) is 77.0 Å². The number of esters is 2. The molecule has 0 saturated carbocycles. The molecule has 2 unspecified atom stereocenters. The summed E-state index contributed by atoms with van der Waals surface area (Å²) in [6.07, 6.45) is 55.1. The second-order valence-corrected chi connectivity index (χ2v) is 16.7. The summed E-state index contributed by atoms with van der Waals surface area (Å²) < 4.78 is 32.8. The van der Waals surface area contributed by atoms with Crippen molar-refractivity contribution >= 4 is 19.8 Å². The molecule has 0 fully saturated rings. The van der Waals surface area contributed by atoms with Gasteiger partial charge in [-0.3, -0.25) is 18.6 Å². The molecule has 0 bridgehead atoms. The Hall–Kier alpha value is -2.55. The number of allylic oxidation sites excluding steroid dienone is 12. The van der Waals surface area contributed by atoms with Crippen LogP contribution in [0.4, 0.5) is 0 Å². The van der Waals surface area contributed by atoms with E-state index in [4.69, 9.17) is 24.3 Å². The molecule has 0 aliphatic heterocycles. The van der Waals surface area contributed by atoms with Gasteiger partial charge in [0.15, 0.2) is 6.10 Å². The van der Waals surface area contributed by atoms with Crippen LogP contribution in [0.5, 0.6) is 0 Å². The second kappa shape index (κ2) is 45.0. The third kappa shape index (κ3) is 44.8. The maximum Gasteiger partial charge on any atom is 0.472 e. The molecule has 0 amide bonds. The molecule has 0 aromatic carbocycles. The summed E-state index contributed by atoms with van der Waals surface area (Å²) in [6.45, 7) is 3.55. The Morgan fingerprint density at radius 3 is 1.46 bits per heavy atom. The van der Waals surface area contributed by atoms with Gasteiger partial charge >= 0.3 is 19.8 Å². The fourth-order valence-corrected chi connectivity index (χ4v) is 6.90. The predicted octanol–water partition coefficient (Wildman–Crippen LogP) is 13.8. The first-order valence-electron chi connectivity index (χ1n) is 23.4. The van der Waals surface area contributed by atoms with Crippen LogP contribution in [0.3, 0.4) is 0 Å². The Labute approximate surface area is 361 Å². The van der Waals surface area contributed by atoms with Crippen molar-refractivity contribution in [3.05, 3.63) is 72.9 Å². The molecule has 0 spiro atoms. The van der Waals surface area contributed by atoms with E-state index in [1.807, 2.05) is 6.08 Å². The van der Waals surface area contributed by atoms with Gasteiger partial charge in [-0.1, -0.05) is 177 Å². The van der Waals surface area contributed by atoms with E-state index in [1.54, 1.807) is 0 Å². The van der Waals surface area contributed by atoms with Crippen LogP contribution < -0.4 is 5.73 Å². The molecule has 59 heavy (non-hydrogen) atoms. The van der Waals surface area contributed by atoms with Gasteiger partial charge in [0.2, 0.25) is 0 Å². The van der Waals surface area contributed by atoms with E-state index in [-0.39, 0.29) is 32.6 Å². The second-order valence-electron chi connectivity index (χ2n) is 15.2. The predicted molar refractivity (Wildman–Crippen MR) is 247 cm³/mol. The van der Waals surface area contributed by atoms with E-state index in [9.17, 15) is 19.0 Å². The molecular formula is C49H86NO8P. The highest BCUT2D eigenvalue weighted by molar-refractivity contribution is 7.47. The SMILES string of the molecule is CCC=CCC=CCC=CCC=CCC=CCCCC(=O)OCC(COP(=O)(O)OCCN)OC(=O)CCCCCCCCCCCCCC=CCCCCCCCC. The number of phosphoric ester groups is 1. The fourth-order valence-electron chi connectivity index (χ4n) is 6.14. The first-order chi connectivity index (χ1) is 28.8. The maximum absolute atomic E-state index is 12.6. The minimum absolute atomic E-state index is 0.0429. The van der Waals surface area contributed by atoms with Gasteiger partial charge in [-0.2, -0.15) is 0 Å². The summed E-state index contributed by atoms with van der Waals surface area (Å²) in [7, 11) is -4.40. The van der Waals surface area contributed by atoms with Crippen molar-refractivity contribution in [3.8, 4) is 0 Å². The summed E-state index contributed by atoms with van der Waals surface area (Å²) in [4.78, 5) is 34.9. The van der Waals surface area contributed by atoms with Gasteiger partial charge in [0.25, 0.3) is 0 Å². The molecule has 0 aromatic rings. The van der Waals surface area contributed by atoms with Crippen LogP contribution in [0.15, 0.2) is 72.9 Å². The molecule has 0 saturated heterocycles. The number of ether oxygens (including phenoxy) is 2. The quantitative estimate of drug-likeness (QED) is 0.0266. The lowest BCUT2D eigenvalue weighted by molar-refractivity contribution is -0.161. The fraction of sp³-hybridized carbons (Fsp3) is 0.714. The normalized spacial score (nSPS) is 13.9. The summed E-state index contributed by atoms with van der Waals surface area (Å²) in [5.41, 5.74) is 5.35. The van der Waals surface area contributed by atoms with Crippen LogP contribution in [-0.4, -0.2) is 49.3 Å². The monoisotopic (exact) mass is 848 g/mol. The van der Waals surface area contributed by atoms with Crippen LogP contribution in [0.25, 0.3) is 0 Å². The van der Waals surface area contributed by atoms with Gasteiger partial charge in [-0.25, -0.2) is 4.57 Å². The molecule has 9 nitrogen and oxygen atoms in total. The van der Waals surface area contributed by atoms with E-state index in [0.29, 0.717) is 12.8 Å². The highest BCUT2D eigenvalue weighted by Gasteiger charge is 2.26. The van der Waals surface area contributed by atoms with Gasteiger partial charge < -0.3 is 20.1 Å². The molecule has 0 aromatic heterocycles. The van der Waals surface area contributed by atoms with Crippen molar-refractivity contribution in [3.63, 3.8) is 0 Å². The zero-order chi connectivity index (χ0) is 43.2. The van der Waals surface area contributed by atoms with Gasteiger partial charge in [-0.15, -0.1) is 0 Å². The number of phosphoric acid groups is 1. The summed E-state index contributed by atoms with van der Waals surface area (Å²) in [5.74, 6) is -0.899. The molecule has 0 radical (unpaired) electrons. The lowest BCUT2D eigenvalue weighted by Gasteiger charge is -2.19. The van der Waals surface area contributed by atoms with Gasteiger partial charge in [0.1, 0.15) is 6.61 Å². The van der Waals surface area contributed by atoms with Crippen LogP contribution in [0, 0.1) is 0 Å².